The summed E-state index contributed by atoms with van der Waals surface area (Å²) < 4.78 is 5.18. The van der Waals surface area contributed by atoms with Gasteiger partial charge in [-0.3, -0.25) is 4.90 Å². The number of hydrogen-bond acceptors (Lipinski definition) is 4. The molecule has 4 heteroatoms. The Kier molecular flexibility index (Phi) is 5.38. The van der Waals surface area contributed by atoms with Gasteiger partial charge in [0.1, 0.15) is 0 Å². The van der Waals surface area contributed by atoms with Crippen molar-refractivity contribution < 1.29 is 14.9 Å². The van der Waals surface area contributed by atoms with Crippen molar-refractivity contribution in [2.45, 2.75) is 25.5 Å². The Balaban J connectivity index is 1.65. The van der Waals surface area contributed by atoms with Crippen molar-refractivity contribution in [1.82, 2.24) is 4.90 Å². The van der Waals surface area contributed by atoms with Crippen LogP contribution in [0.15, 0.2) is 48.5 Å². The quantitative estimate of drug-likeness (QED) is 0.887. The Morgan fingerprint density at radius 1 is 1.12 bits per heavy atom. The van der Waals surface area contributed by atoms with Crippen molar-refractivity contribution in [2.75, 3.05) is 20.2 Å². The lowest BCUT2D eigenvalue weighted by Crippen LogP contribution is -2.43. The highest BCUT2D eigenvalue weighted by Crippen LogP contribution is 2.29. The summed E-state index contributed by atoms with van der Waals surface area (Å²) in [6.45, 7) is 2.72. The van der Waals surface area contributed by atoms with E-state index in [-0.39, 0.29) is 17.8 Å². The molecule has 2 atom stereocenters. The van der Waals surface area contributed by atoms with Gasteiger partial charge in [-0.05, 0) is 36.1 Å². The van der Waals surface area contributed by atoms with Gasteiger partial charge < -0.3 is 14.9 Å². The summed E-state index contributed by atoms with van der Waals surface area (Å²) >= 11 is 0. The van der Waals surface area contributed by atoms with Gasteiger partial charge in [0, 0.05) is 25.6 Å². The molecule has 3 rings (SSSR count). The fourth-order valence-corrected chi connectivity index (χ4v) is 3.43. The van der Waals surface area contributed by atoms with Crippen LogP contribution in [-0.2, 0) is 13.0 Å². The Labute approximate surface area is 143 Å². The van der Waals surface area contributed by atoms with E-state index in [9.17, 15) is 10.2 Å². The van der Waals surface area contributed by atoms with Crippen molar-refractivity contribution >= 4 is 0 Å². The van der Waals surface area contributed by atoms with Crippen molar-refractivity contribution in [3.63, 3.8) is 0 Å². The molecule has 0 spiro atoms. The number of likely N-dealkylation sites (tertiary alicyclic amines) is 1. The number of aromatic hydroxyl groups is 1. The maximum absolute atomic E-state index is 10.4. The van der Waals surface area contributed by atoms with Crippen LogP contribution >= 0.6 is 0 Å². The number of phenolic OH excluding ortho intramolecular Hbond substituents is 1. The summed E-state index contributed by atoms with van der Waals surface area (Å²) in [4.78, 5) is 2.41. The van der Waals surface area contributed by atoms with Crippen molar-refractivity contribution in [2.24, 2.45) is 5.92 Å². The Morgan fingerprint density at radius 3 is 2.67 bits per heavy atom. The molecule has 1 fully saturated rings. The standard InChI is InChI=1S/C20H25NO3/c1-24-20-12-16(7-8-19(20)23)11-17-14-21(10-9-18(17)22)13-15-5-3-2-4-6-15/h2-8,12,17-18,22-23H,9-11,13-14H2,1H3. The van der Waals surface area contributed by atoms with Gasteiger partial charge in [-0.25, -0.2) is 0 Å². The minimum absolute atomic E-state index is 0.149. The minimum atomic E-state index is -0.281. The molecule has 2 unspecified atom stereocenters. The lowest BCUT2D eigenvalue weighted by atomic mass is 9.88. The van der Waals surface area contributed by atoms with Gasteiger partial charge >= 0.3 is 0 Å². The highest BCUT2D eigenvalue weighted by molar-refractivity contribution is 5.41. The maximum Gasteiger partial charge on any atom is 0.160 e. The smallest absolute Gasteiger partial charge is 0.160 e. The first-order valence-electron chi connectivity index (χ1n) is 8.46. The highest BCUT2D eigenvalue weighted by Gasteiger charge is 2.28. The third-order valence-electron chi connectivity index (χ3n) is 4.77. The zero-order chi connectivity index (χ0) is 16.9. The Morgan fingerprint density at radius 2 is 1.92 bits per heavy atom. The molecule has 2 aromatic carbocycles. The predicted molar refractivity (Wildman–Crippen MR) is 94.2 cm³/mol. The fraction of sp³-hybridized carbons (Fsp3) is 0.400. The van der Waals surface area contributed by atoms with E-state index in [0.29, 0.717) is 5.75 Å². The first-order chi connectivity index (χ1) is 11.7. The van der Waals surface area contributed by atoms with Gasteiger partial charge in [0.25, 0.3) is 0 Å². The third-order valence-corrected chi connectivity index (χ3v) is 4.77. The molecule has 0 radical (unpaired) electrons. The molecule has 1 heterocycles. The Bertz CT molecular complexity index is 659. The predicted octanol–water partition coefficient (Wildman–Crippen LogP) is 2.83. The molecule has 0 aliphatic carbocycles. The number of benzene rings is 2. The molecule has 0 bridgehead atoms. The van der Waals surface area contributed by atoms with E-state index >= 15 is 0 Å². The summed E-state index contributed by atoms with van der Waals surface area (Å²) in [7, 11) is 1.55. The number of nitrogens with zero attached hydrogens (tertiary/aromatic N) is 1. The topological polar surface area (TPSA) is 52.9 Å². The molecule has 1 saturated heterocycles. The summed E-state index contributed by atoms with van der Waals surface area (Å²) in [5, 5.41) is 20.1. The zero-order valence-electron chi connectivity index (χ0n) is 14.1. The number of aliphatic hydroxyl groups excluding tert-OH is 1. The van der Waals surface area contributed by atoms with E-state index in [2.05, 4.69) is 29.2 Å². The van der Waals surface area contributed by atoms with E-state index in [1.54, 1.807) is 13.2 Å². The number of methoxy groups -OCH3 is 1. The molecule has 1 aliphatic heterocycles. The van der Waals surface area contributed by atoms with Crippen LogP contribution < -0.4 is 4.74 Å². The second-order valence-electron chi connectivity index (χ2n) is 6.55. The van der Waals surface area contributed by atoms with E-state index in [0.717, 1.165) is 38.0 Å². The summed E-state index contributed by atoms with van der Waals surface area (Å²) in [6.07, 6.45) is 1.30. The van der Waals surface area contributed by atoms with E-state index < -0.39 is 0 Å². The second kappa shape index (κ2) is 7.69. The van der Waals surface area contributed by atoms with Gasteiger partial charge in [-0.1, -0.05) is 36.4 Å². The van der Waals surface area contributed by atoms with Crippen LogP contribution in [0.1, 0.15) is 17.5 Å². The maximum atomic E-state index is 10.4. The zero-order valence-corrected chi connectivity index (χ0v) is 14.1. The number of aliphatic hydroxyl groups is 1. The highest BCUT2D eigenvalue weighted by atomic mass is 16.5. The van der Waals surface area contributed by atoms with Gasteiger partial charge in [0.15, 0.2) is 11.5 Å². The molecular formula is C20H25NO3. The van der Waals surface area contributed by atoms with Crippen LogP contribution in [0, 0.1) is 5.92 Å². The number of piperidine rings is 1. The van der Waals surface area contributed by atoms with E-state index in [1.165, 1.54) is 5.56 Å². The third kappa shape index (κ3) is 4.08. The average molecular weight is 327 g/mol. The number of hydrogen-bond donors (Lipinski definition) is 2. The first-order valence-corrected chi connectivity index (χ1v) is 8.46. The molecule has 24 heavy (non-hydrogen) atoms. The summed E-state index contributed by atoms with van der Waals surface area (Å²) in [5.41, 5.74) is 2.38. The van der Waals surface area contributed by atoms with Crippen LogP contribution in [0.3, 0.4) is 0 Å². The normalized spacial score (nSPS) is 21.6. The molecule has 1 aliphatic rings. The molecule has 2 aromatic rings. The second-order valence-corrected chi connectivity index (χ2v) is 6.55. The van der Waals surface area contributed by atoms with E-state index in [4.69, 9.17) is 4.74 Å². The molecule has 0 aromatic heterocycles. The van der Waals surface area contributed by atoms with Crippen LogP contribution in [0.5, 0.6) is 11.5 Å². The van der Waals surface area contributed by atoms with Gasteiger partial charge in [-0.15, -0.1) is 0 Å². The molecule has 128 valence electrons. The summed E-state index contributed by atoms with van der Waals surface area (Å²) in [6, 6.07) is 15.9. The van der Waals surface area contributed by atoms with E-state index in [1.807, 2.05) is 18.2 Å². The van der Waals surface area contributed by atoms with Crippen LogP contribution in [0.2, 0.25) is 0 Å². The fourth-order valence-electron chi connectivity index (χ4n) is 3.43. The molecule has 4 nitrogen and oxygen atoms in total. The van der Waals surface area contributed by atoms with Gasteiger partial charge in [-0.2, -0.15) is 0 Å². The van der Waals surface area contributed by atoms with Crippen LogP contribution in [-0.4, -0.2) is 41.4 Å². The average Bonchev–Trinajstić information content (AvgIpc) is 2.60. The molecule has 0 saturated carbocycles. The van der Waals surface area contributed by atoms with Crippen molar-refractivity contribution in [3.8, 4) is 11.5 Å². The van der Waals surface area contributed by atoms with Gasteiger partial charge in [0.2, 0.25) is 0 Å². The van der Waals surface area contributed by atoms with Gasteiger partial charge in [0.05, 0.1) is 13.2 Å². The number of phenols is 1. The summed E-state index contributed by atoms with van der Waals surface area (Å²) in [5.74, 6) is 0.826. The number of rotatable bonds is 5. The lowest BCUT2D eigenvalue weighted by Gasteiger charge is -2.36. The minimum Gasteiger partial charge on any atom is -0.504 e. The molecule has 0 amide bonds. The SMILES string of the molecule is COc1cc(CC2CN(Cc3ccccc3)CCC2O)ccc1O. The Hall–Kier alpha value is -2.04. The molecular weight excluding hydrogens is 302 g/mol. The largest absolute Gasteiger partial charge is 0.504 e. The first kappa shape index (κ1) is 16.8. The van der Waals surface area contributed by atoms with Crippen molar-refractivity contribution in [3.05, 3.63) is 59.7 Å². The van der Waals surface area contributed by atoms with Crippen LogP contribution in [0.4, 0.5) is 0 Å². The molecule has 2 N–H and O–H groups in total. The monoisotopic (exact) mass is 327 g/mol. The lowest BCUT2D eigenvalue weighted by molar-refractivity contribution is 0.0239. The van der Waals surface area contributed by atoms with Crippen molar-refractivity contribution in [1.29, 1.82) is 0 Å². The number of ether oxygens (including phenoxy) is 1. The van der Waals surface area contributed by atoms with Crippen LogP contribution in [0.25, 0.3) is 0 Å².